The molecule has 6 nitrogen and oxygen atoms in total. The first-order chi connectivity index (χ1) is 12.7. The summed E-state index contributed by atoms with van der Waals surface area (Å²) in [7, 11) is 0. The fourth-order valence-corrected chi connectivity index (χ4v) is 3.47. The van der Waals surface area contributed by atoms with Crippen LogP contribution in [0.3, 0.4) is 0 Å². The van der Waals surface area contributed by atoms with Crippen molar-refractivity contribution in [3.8, 4) is 11.3 Å². The van der Waals surface area contributed by atoms with Gasteiger partial charge in [0.15, 0.2) is 5.82 Å². The summed E-state index contributed by atoms with van der Waals surface area (Å²) in [5, 5.41) is 19.0. The number of aromatic nitrogens is 2. The van der Waals surface area contributed by atoms with Crippen LogP contribution in [0, 0.1) is 0 Å². The summed E-state index contributed by atoms with van der Waals surface area (Å²) in [5.41, 5.74) is 3.08. The van der Waals surface area contributed by atoms with E-state index in [2.05, 4.69) is 4.90 Å². The van der Waals surface area contributed by atoms with Crippen LogP contribution in [-0.2, 0) is 0 Å². The number of aliphatic hydroxyl groups excluding tert-OH is 1. The van der Waals surface area contributed by atoms with Crippen LogP contribution in [-0.4, -0.2) is 45.3 Å². The molecule has 0 saturated carbocycles. The summed E-state index contributed by atoms with van der Waals surface area (Å²) in [6.45, 7) is 0.854. The number of nitrogens with zero attached hydrogens (tertiary/aromatic N) is 3. The molecule has 0 bridgehead atoms. The standard InChI is InChI=1S/C20H19N3O3/c24-12-15-7-4-10-23(15)19-18(13-5-2-1-3-6-13)21-16-9-8-14(20(25)26)11-17(16)22-19/h1-3,5-6,8-9,11,15,24H,4,7,10,12H2,(H,25,26)/t15-/m0/s1. The second-order valence-corrected chi connectivity index (χ2v) is 6.44. The van der Waals surface area contributed by atoms with E-state index in [1.54, 1.807) is 18.2 Å². The Kier molecular flexibility index (Phi) is 4.26. The number of hydrogen-bond donors (Lipinski definition) is 2. The number of aliphatic hydroxyl groups is 1. The van der Waals surface area contributed by atoms with E-state index in [9.17, 15) is 15.0 Å². The Labute approximate surface area is 150 Å². The maximum Gasteiger partial charge on any atom is 0.335 e. The lowest BCUT2D eigenvalue weighted by Crippen LogP contribution is -2.33. The van der Waals surface area contributed by atoms with Crippen LogP contribution in [0.5, 0.6) is 0 Å². The third kappa shape index (κ3) is 2.88. The maximum absolute atomic E-state index is 11.3. The minimum atomic E-state index is -0.989. The van der Waals surface area contributed by atoms with E-state index in [0.717, 1.165) is 30.6 Å². The highest BCUT2D eigenvalue weighted by Gasteiger charge is 2.28. The third-order valence-corrected chi connectivity index (χ3v) is 4.80. The first kappa shape index (κ1) is 16.5. The van der Waals surface area contributed by atoms with Gasteiger partial charge in [0.25, 0.3) is 0 Å². The van der Waals surface area contributed by atoms with E-state index < -0.39 is 5.97 Å². The average molecular weight is 349 g/mol. The molecule has 1 aliphatic rings. The fraction of sp³-hybridized carbons (Fsp3) is 0.250. The summed E-state index contributed by atoms with van der Waals surface area (Å²) in [6, 6.07) is 14.6. The van der Waals surface area contributed by atoms with Crippen LogP contribution in [0.15, 0.2) is 48.5 Å². The lowest BCUT2D eigenvalue weighted by Gasteiger charge is -2.26. The molecule has 1 fully saturated rings. The smallest absolute Gasteiger partial charge is 0.335 e. The van der Waals surface area contributed by atoms with Crippen LogP contribution in [0.1, 0.15) is 23.2 Å². The molecular weight excluding hydrogens is 330 g/mol. The topological polar surface area (TPSA) is 86.5 Å². The van der Waals surface area contributed by atoms with Crippen molar-refractivity contribution < 1.29 is 15.0 Å². The zero-order valence-corrected chi connectivity index (χ0v) is 14.2. The lowest BCUT2D eigenvalue weighted by atomic mass is 10.1. The number of hydrogen-bond acceptors (Lipinski definition) is 5. The predicted molar refractivity (Wildman–Crippen MR) is 99.4 cm³/mol. The first-order valence-corrected chi connectivity index (χ1v) is 8.65. The van der Waals surface area contributed by atoms with Crippen molar-refractivity contribution in [1.29, 1.82) is 0 Å². The van der Waals surface area contributed by atoms with Gasteiger partial charge in [0.1, 0.15) is 5.69 Å². The van der Waals surface area contributed by atoms with Crippen LogP contribution < -0.4 is 4.90 Å². The average Bonchev–Trinajstić information content (AvgIpc) is 3.15. The third-order valence-electron chi connectivity index (χ3n) is 4.80. The molecule has 0 amide bonds. The summed E-state index contributed by atoms with van der Waals surface area (Å²) in [6.07, 6.45) is 1.88. The molecule has 2 heterocycles. The van der Waals surface area contributed by atoms with Gasteiger partial charge in [-0.15, -0.1) is 0 Å². The number of rotatable bonds is 4. The van der Waals surface area contributed by atoms with Crippen LogP contribution in [0.25, 0.3) is 22.3 Å². The molecular formula is C20H19N3O3. The van der Waals surface area contributed by atoms with Gasteiger partial charge >= 0.3 is 5.97 Å². The van der Waals surface area contributed by atoms with Crippen molar-refractivity contribution in [2.75, 3.05) is 18.1 Å². The highest BCUT2D eigenvalue weighted by atomic mass is 16.4. The summed E-state index contributed by atoms with van der Waals surface area (Å²) in [5.74, 6) is -0.292. The van der Waals surface area contributed by atoms with E-state index in [-0.39, 0.29) is 18.2 Å². The number of benzene rings is 2. The zero-order chi connectivity index (χ0) is 18.1. The molecule has 1 saturated heterocycles. The van der Waals surface area contributed by atoms with Gasteiger partial charge in [-0.25, -0.2) is 14.8 Å². The maximum atomic E-state index is 11.3. The van der Waals surface area contributed by atoms with Crippen molar-refractivity contribution >= 4 is 22.8 Å². The molecule has 0 radical (unpaired) electrons. The second-order valence-electron chi connectivity index (χ2n) is 6.44. The Morgan fingerprint density at radius 3 is 2.65 bits per heavy atom. The van der Waals surface area contributed by atoms with Crippen molar-refractivity contribution in [3.63, 3.8) is 0 Å². The normalized spacial score (nSPS) is 17.0. The van der Waals surface area contributed by atoms with Gasteiger partial charge in [0.2, 0.25) is 0 Å². The molecule has 0 spiro atoms. The largest absolute Gasteiger partial charge is 0.478 e. The molecule has 6 heteroatoms. The molecule has 4 rings (SSSR count). The number of carboxylic acid groups (broad SMARTS) is 1. The summed E-state index contributed by atoms with van der Waals surface area (Å²) < 4.78 is 0. The van der Waals surface area contributed by atoms with E-state index in [4.69, 9.17) is 9.97 Å². The highest BCUT2D eigenvalue weighted by molar-refractivity contribution is 5.93. The van der Waals surface area contributed by atoms with Crippen LogP contribution in [0.2, 0.25) is 0 Å². The number of anilines is 1. The minimum Gasteiger partial charge on any atom is -0.478 e. The Hall–Kier alpha value is -2.99. The highest BCUT2D eigenvalue weighted by Crippen LogP contribution is 2.34. The van der Waals surface area contributed by atoms with Crippen LogP contribution >= 0.6 is 0 Å². The molecule has 2 aromatic carbocycles. The van der Waals surface area contributed by atoms with Crippen molar-refractivity contribution in [3.05, 3.63) is 54.1 Å². The van der Waals surface area contributed by atoms with E-state index in [1.165, 1.54) is 0 Å². The van der Waals surface area contributed by atoms with E-state index >= 15 is 0 Å². The number of fused-ring (bicyclic) bond motifs is 1. The van der Waals surface area contributed by atoms with Gasteiger partial charge in [-0.05, 0) is 31.0 Å². The zero-order valence-electron chi connectivity index (χ0n) is 14.2. The molecule has 3 aromatic rings. The molecule has 1 aromatic heterocycles. The molecule has 0 unspecified atom stereocenters. The van der Waals surface area contributed by atoms with E-state index in [0.29, 0.717) is 16.9 Å². The first-order valence-electron chi connectivity index (χ1n) is 8.65. The van der Waals surface area contributed by atoms with Crippen molar-refractivity contribution in [2.45, 2.75) is 18.9 Å². The van der Waals surface area contributed by atoms with Gasteiger partial charge < -0.3 is 15.1 Å². The monoisotopic (exact) mass is 349 g/mol. The minimum absolute atomic E-state index is 0.00636. The molecule has 1 aliphatic heterocycles. The Morgan fingerprint density at radius 2 is 1.92 bits per heavy atom. The quantitative estimate of drug-likeness (QED) is 0.753. The van der Waals surface area contributed by atoms with Gasteiger partial charge in [-0.1, -0.05) is 30.3 Å². The molecule has 0 aliphatic carbocycles. The van der Waals surface area contributed by atoms with Gasteiger partial charge in [-0.2, -0.15) is 0 Å². The molecule has 2 N–H and O–H groups in total. The second kappa shape index (κ2) is 6.72. The number of carbonyl (C=O) groups is 1. The Bertz CT molecular complexity index is 959. The van der Waals surface area contributed by atoms with Crippen molar-refractivity contribution in [2.24, 2.45) is 0 Å². The van der Waals surface area contributed by atoms with Gasteiger partial charge in [0.05, 0.1) is 29.2 Å². The Balaban J connectivity index is 1.94. The predicted octanol–water partition coefficient (Wildman–Crippen LogP) is 2.96. The number of aromatic carboxylic acids is 1. The van der Waals surface area contributed by atoms with Gasteiger partial charge in [-0.3, -0.25) is 0 Å². The summed E-state index contributed by atoms with van der Waals surface area (Å²) >= 11 is 0. The summed E-state index contributed by atoms with van der Waals surface area (Å²) in [4.78, 5) is 22.9. The SMILES string of the molecule is O=C(O)c1ccc2nc(-c3ccccc3)c(N3CCC[C@H]3CO)nc2c1. The van der Waals surface area contributed by atoms with E-state index in [1.807, 2.05) is 30.3 Å². The molecule has 26 heavy (non-hydrogen) atoms. The lowest BCUT2D eigenvalue weighted by molar-refractivity contribution is 0.0697. The van der Waals surface area contributed by atoms with Crippen LogP contribution in [0.4, 0.5) is 5.82 Å². The molecule has 1 atom stereocenters. The number of carboxylic acids is 1. The Morgan fingerprint density at radius 1 is 1.12 bits per heavy atom. The van der Waals surface area contributed by atoms with Crippen molar-refractivity contribution in [1.82, 2.24) is 9.97 Å². The fourth-order valence-electron chi connectivity index (χ4n) is 3.47. The van der Waals surface area contributed by atoms with Gasteiger partial charge in [0, 0.05) is 12.1 Å². The molecule has 132 valence electrons.